The van der Waals surface area contributed by atoms with Gasteiger partial charge in [-0.25, -0.2) is 5.43 Å². The highest BCUT2D eigenvalue weighted by Gasteiger charge is 2.21. The molecule has 0 aromatic heterocycles. The zero-order chi connectivity index (χ0) is 26.8. The lowest BCUT2D eigenvalue weighted by Gasteiger charge is -2.13. The smallest absolute Gasteiger partial charge is 0.252 e. The summed E-state index contributed by atoms with van der Waals surface area (Å²) in [5.74, 6) is -0.274. The summed E-state index contributed by atoms with van der Waals surface area (Å²) < 4.78 is 16.7. The van der Waals surface area contributed by atoms with Gasteiger partial charge >= 0.3 is 0 Å². The number of halogens is 2. The van der Waals surface area contributed by atoms with E-state index in [4.69, 9.17) is 37.4 Å². The minimum absolute atomic E-state index is 0.232. The minimum Gasteiger partial charge on any atom is -0.497 e. The number of rotatable bonds is 11. The van der Waals surface area contributed by atoms with Gasteiger partial charge in [0.25, 0.3) is 5.91 Å². The van der Waals surface area contributed by atoms with Crippen LogP contribution in [0.2, 0.25) is 10.0 Å². The number of hydrazone groups is 1. The summed E-state index contributed by atoms with van der Waals surface area (Å²) in [6.07, 6.45) is 1.45. The standard InChI is InChI=1S/C27H27Cl2N3O5/c1-4-36-25-13-18(5-12-24(25)37-16-19-6-7-20(28)14-23(19)29)15-30-32-27(34)17(2)26(33)31-21-8-10-22(35-3)11-9-21/h5-15,17H,4,16H2,1-3H3,(H,31,33)(H,32,34). The molecule has 0 aliphatic heterocycles. The van der Waals surface area contributed by atoms with Crippen molar-refractivity contribution in [2.75, 3.05) is 19.0 Å². The summed E-state index contributed by atoms with van der Waals surface area (Å²) in [6.45, 7) is 4.02. The third-order valence-corrected chi connectivity index (χ3v) is 5.79. The van der Waals surface area contributed by atoms with Crippen molar-refractivity contribution in [3.8, 4) is 17.2 Å². The third kappa shape index (κ3) is 8.13. The van der Waals surface area contributed by atoms with Crippen molar-refractivity contribution in [1.29, 1.82) is 0 Å². The molecular formula is C27H27Cl2N3O5. The second-order valence-corrected chi connectivity index (χ2v) is 8.68. The highest BCUT2D eigenvalue weighted by Crippen LogP contribution is 2.30. The monoisotopic (exact) mass is 543 g/mol. The van der Waals surface area contributed by atoms with Crippen molar-refractivity contribution in [1.82, 2.24) is 5.43 Å². The van der Waals surface area contributed by atoms with E-state index in [0.717, 1.165) is 5.56 Å². The number of carbonyl (C=O) groups is 2. The van der Waals surface area contributed by atoms with E-state index < -0.39 is 17.7 Å². The van der Waals surface area contributed by atoms with Crippen molar-refractivity contribution in [2.24, 2.45) is 11.0 Å². The van der Waals surface area contributed by atoms with Crippen LogP contribution in [0.15, 0.2) is 65.8 Å². The maximum Gasteiger partial charge on any atom is 0.252 e. The lowest BCUT2D eigenvalue weighted by Crippen LogP contribution is -2.34. The van der Waals surface area contributed by atoms with Gasteiger partial charge in [0.1, 0.15) is 18.3 Å². The molecule has 0 heterocycles. The Balaban J connectivity index is 1.58. The first-order chi connectivity index (χ1) is 17.8. The van der Waals surface area contributed by atoms with Crippen LogP contribution < -0.4 is 25.0 Å². The first-order valence-electron chi connectivity index (χ1n) is 11.4. The number of amides is 2. The minimum atomic E-state index is -0.964. The number of methoxy groups -OCH3 is 1. The molecule has 0 saturated heterocycles. The van der Waals surface area contributed by atoms with Gasteiger partial charge in [-0.05, 0) is 74.0 Å². The van der Waals surface area contributed by atoms with Crippen LogP contribution >= 0.6 is 23.2 Å². The number of hydrogen-bond acceptors (Lipinski definition) is 6. The molecule has 3 aromatic carbocycles. The molecule has 0 aliphatic rings. The van der Waals surface area contributed by atoms with E-state index in [2.05, 4.69) is 15.8 Å². The summed E-state index contributed by atoms with van der Waals surface area (Å²) in [7, 11) is 1.56. The fourth-order valence-electron chi connectivity index (χ4n) is 3.10. The topological polar surface area (TPSA) is 98.2 Å². The van der Waals surface area contributed by atoms with Crippen LogP contribution in [0.25, 0.3) is 0 Å². The van der Waals surface area contributed by atoms with Gasteiger partial charge < -0.3 is 19.5 Å². The highest BCUT2D eigenvalue weighted by molar-refractivity contribution is 6.35. The Morgan fingerprint density at radius 1 is 0.973 bits per heavy atom. The quantitative estimate of drug-likeness (QED) is 0.183. The largest absolute Gasteiger partial charge is 0.497 e. The number of anilines is 1. The van der Waals surface area contributed by atoms with E-state index in [-0.39, 0.29) is 6.61 Å². The Labute approximate surface area is 225 Å². The SMILES string of the molecule is CCOc1cc(C=NNC(=O)C(C)C(=O)Nc2ccc(OC)cc2)ccc1OCc1ccc(Cl)cc1Cl. The predicted octanol–water partition coefficient (Wildman–Crippen LogP) is 5.70. The second kappa shape index (κ2) is 13.5. The van der Waals surface area contributed by atoms with Crippen LogP contribution in [-0.4, -0.2) is 31.7 Å². The van der Waals surface area contributed by atoms with E-state index in [9.17, 15) is 9.59 Å². The molecule has 8 nitrogen and oxygen atoms in total. The Morgan fingerprint density at radius 2 is 1.73 bits per heavy atom. The third-order valence-electron chi connectivity index (χ3n) is 5.20. The van der Waals surface area contributed by atoms with Gasteiger partial charge in [0.2, 0.25) is 5.91 Å². The van der Waals surface area contributed by atoms with Crippen LogP contribution in [0, 0.1) is 5.92 Å². The molecule has 10 heteroatoms. The van der Waals surface area contributed by atoms with Crippen molar-refractivity contribution in [2.45, 2.75) is 20.5 Å². The van der Waals surface area contributed by atoms with E-state index >= 15 is 0 Å². The second-order valence-electron chi connectivity index (χ2n) is 7.84. The van der Waals surface area contributed by atoms with Gasteiger partial charge in [-0.2, -0.15) is 5.10 Å². The molecule has 1 unspecified atom stereocenters. The number of nitrogens with one attached hydrogen (secondary N) is 2. The Hall–Kier alpha value is -3.75. The van der Waals surface area contributed by atoms with Gasteiger partial charge in [0.05, 0.1) is 19.9 Å². The molecule has 37 heavy (non-hydrogen) atoms. The van der Waals surface area contributed by atoms with E-state index in [1.54, 1.807) is 67.8 Å². The molecule has 194 valence electrons. The van der Waals surface area contributed by atoms with Crippen molar-refractivity contribution >= 4 is 46.9 Å². The highest BCUT2D eigenvalue weighted by atomic mass is 35.5. The molecule has 0 spiro atoms. The van der Waals surface area contributed by atoms with Crippen molar-refractivity contribution < 1.29 is 23.8 Å². The fraction of sp³-hybridized carbons (Fsp3) is 0.222. The van der Waals surface area contributed by atoms with Crippen LogP contribution in [-0.2, 0) is 16.2 Å². The maximum atomic E-state index is 12.4. The van der Waals surface area contributed by atoms with Gasteiger partial charge in [-0.15, -0.1) is 0 Å². The first-order valence-corrected chi connectivity index (χ1v) is 12.2. The average Bonchev–Trinajstić information content (AvgIpc) is 2.89. The van der Waals surface area contributed by atoms with Gasteiger partial charge in [-0.3, -0.25) is 9.59 Å². The van der Waals surface area contributed by atoms with Gasteiger partial charge in [0.15, 0.2) is 11.5 Å². The van der Waals surface area contributed by atoms with Gasteiger partial charge in [0, 0.05) is 21.3 Å². The molecule has 0 aliphatic carbocycles. The fourth-order valence-corrected chi connectivity index (χ4v) is 3.56. The molecule has 3 aromatic rings. The van der Waals surface area contributed by atoms with Gasteiger partial charge in [-0.1, -0.05) is 29.3 Å². The summed E-state index contributed by atoms with van der Waals surface area (Å²) in [5, 5.41) is 7.72. The molecular weight excluding hydrogens is 517 g/mol. The van der Waals surface area contributed by atoms with Crippen LogP contribution in [0.4, 0.5) is 5.69 Å². The number of ether oxygens (including phenoxy) is 3. The number of benzene rings is 3. The molecule has 0 fully saturated rings. The first kappa shape index (κ1) is 27.8. The lowest BCUT2D eigenvalue weighted by atomic mass is 10.1. The zero-order valence-electron chi connectivity index (χ0n) is 20.6. The Bertz CT molecular complexity index is 1270. The Morgan fingerprint density at radius 3 is 2.41 bits per heavy atom. The molecule has 1 atom stereocenters. The van der Waals surface area contributed by atoms with Crippen LogP contribution in [0.5, 0.6) is 17.2 Å². The van der Waals surface area contributed by atoms with Crippen LogP contribution in [0.1, 0.15) is 25.0 Å². The molecule has 0 bridgehead atoms. The van der Waals surface area contributed by atoms with Crippen LogP contribution in [0.3, 0.4) is 0 Å². The normalized spacial score (nSPS) is 11.6. The molecule has 0 radical (unpaired) electrons. The predicted molar refractivity (Wildman–Crippen MR) is 145 cm³/mol. The lowest BCUT2D eigenvalue weighted by molar-refractivity contribution is -0.131. The molecule has 0 saturated carbocycles. The number of carbonyl (C=O) groups excluding carboxylic acids is 2. The van der Waals surface area contributed by atoms with E-state index in [1.165, 1.54) is 13.1 Å². The summed E-state index contributed by atoms with van der Waals surface area (Å²) in [5.41, 5.74) is 4.39. The summed E-state index contributed by atoms with van der Waals surface area (Å²) in [4.78, 5) is 24.8. The molecule has 2 amide bonds. The molecule has 3 rings (SSSR count). The van der Waals surface area contributed by atoms with Crippen molar-refractivity contribution in [3.63, 3.8) is 0 Å². The Kier molecular flexibility index (Phi) is 10.2. The number of hydrogen-bond donors (Lipinski definition) is 2. The summed E-state index contributed by atoms with van der Waals surface area (Å²) >= 11 is 12.2. The van der Waals surface area contributed by atoms with Crippen molar-refractivity contribution in [3.05, 3.63) is 81.8 Å². The van der Waals surface area contributed by atoms with E-state index in [0.29, 0.717) is 45.2 Å². The molecule has 2 N–H and O–H groups in total. The zero-order valence-corrected chi connectivity index (χ0v) is 22.1. The number of nitrogens with zero attached hydrogens (tertiary/aromatic N) is 1. The summed E-state index contributed by atoms with van der Waals surface area (Å²) in [6, 6.07) is 17.2. The maximum absolute atomic E-state index is 12.4. The average molecular weight is 544 g/mol. The van der Waals surface area contributed by atoms with E-state index in [1.807, 2.05) is 6.92 Å².